The first-order valence-corrected chi connectivity index (χ1v) is 11.0. The van der Waals surface area contributed by atoms with Crippen LogP contribution in [-0.2, 0) is 10.0 Å². The maximum absolute atomic E-state index is 12.8. The summed E-state index contributed by atoms with van der Waals surface area (Å²) in [5, 5.41) is 6.46. The van der Waals surface area contributed by atoms with Crippen molar-refractivity contribution < 1.29 is 17.9 Å². The Morgan fingerprint density at radius 2 is 1.97 bits per heavy atom. The van der Waals surface area contributed by atoms with Crippen LogP contribution in [-0.4, -0.2) is 37.2 Å². The highest BCUT2D eigenvalue weighted by atomic mass is 35.5. The number of nitrogens with zero attached hydrogens (tertiary/aromatic N) is 3. The number of thiazole rings is 1. The lowest BCUT2D eigenvalue weighted by molar-refractivity contribution is 0.403. The van der Waals surface area contributed by atoms with Gasteiger partial charge in [0.15, 0.2) is 0 Å². The molecule has 0 atom stereocenters. The highest BCUT2D eigenvalue weighted by molar-refractivity contribution is 7.92. The van der Waals surface area contributed by atoms with E-state index in [9.17, 15) is 8.42 Å². The van der Waals surface area contributed by atoms with Crippen molar-refractivity contribution in [2.75, 3.05) is 18.9 Å². The van der Waals surface area contributed by atoms with Crippen molar-refractivity contribution in [3.63, 3.8) is 0 Å². The third-order valence-corrected chi connectivity index (χ3v) is 6.49. The number of benzene rings is 2. The van der Waals surface area contributed by atoms with E-state index in [1.807, 2.05) is 29.6 Å². The first-order valence-electron chi connectivity index (χ1n) is 8.26. The predicted octanol–water partition coefficient (Wildman–Crippen LogP) is 3.93. The maximum atomic E-state index is 12.8. The van der Waals surface area contributed by atoms with Crippen molar-refractivity contribution >= 4 is 43.9 Å². The molecule has 0 saturated heterocycles. The van der Waals surface area contributed by atoms with E-state index in [1.54, 1.807) is 17.7 Å². The number of aromatic nitrogens is 3. The summed E-state index contributed by atoms with van der Waals surface area (Å²) < 4.78 is 40.0. The Kier molecular flexibility index (Phi) is 5.07. The largest absolute Gasteiger partial charge is 0.497 e. The van der Waals surface area contributed by atoms with E-state index in [4.69, 9.17) is 21.1 Å². The number of hydrogen-bond acceptors (Lipinski definition) is 7. The number of nitrogens with one attached hydrogen (secondary N) is 1. The Morgan fingerprint density at radius 1 is 1.14 bits per heavy atom. The third-order valence-electron chi connectivity index (χ3n) is 4.09. The van der Waals surface area contributed by atoms with E-state index >= 15 is 0 Å². The molecule has 0 bridgehead atoms. The Hall–Kier alpha value is -2.82. The molecule has 29 heavy (non-hydrogen) atoms. The topological polar surface area (TPSA) is 94.8 Å². The molecule has 0 aliphatic heterocycles. The van der Waals surface area contributed by atoms with E-state index < -0.39 is 10.0 Å². The van der Waals surface area contributed by atoms with Gasteiger partial charge in [-0.2, -0.15) is 4.98 Å². The van der Waals surface area contributed by atoms with E-state index in [-0.39, 0.29) is 21.6 Å². The smallest absolute Gasteiger partial charge is 0.268 e. The highest BCUT2D eigenvalue weighted by Crippen LogP contribution is 2.30. The first-order chi connectivity index (χ1) is 13.9. The molecular formula is C18H15ClN4O4S2. The van der Waals surface area contributed by atoms with Gasteiger partial charge >= 0.3 is 0 Å². The number of halogens is 1. The second-order valence-corrected chi connectivity index (χ2v) is 8.81. The van der Waals surface area contributed by atoms with Gasteiger partial charge in [0.1, 0.15) is 16.4 Å². The molecule has 0 spiro atoms. The summed E-state index contributed by atoms with van der Waals surface area (Å²) in [4.78, 5) is 4.71. The number of hydrogen-bond donors (Lipinski definition) is 1. The third kappa shape index (κ3) is 3.74. The van der Waals surface area contributed by atoms with E-state index in [0.717, 1.165) is 11.3 Å². The van der Waals surface area contributed by atoms with Gasteiger partial charge in [-0.05, 0) is 30.3 Å². The van der Waals surface area contributed by atoms with Gasteiger partial charge in [-0.1, -0.05) is 23.7 Å². The Labute approximate surface area is 175 Å². The number of methoxy groups -OCH3 is 2. The van der Waals surface area contributed by atoms with Crippen LogP contribution in [0.1, 0.15) is 0 Å². The number of ether oxygens (including phenoxy) is 2. The van der Waals surface area contributed by atoms with Crippen LogP contribution in [0.15, 0.2) is 52.7 Å². The molecule has 4 rings (SSSR count). The van der Waals surface area contributed by atoms with Crippen LogP contribution in [0.5, 0.6) is 11.5 Å². The zero-order valence-electron chi connectivity index (χ0n) is 15.3. The number of sulfonamides is 1. The molecule has 0 radical (unpaired) electrons. The molecular weight excluding hydrogens is 436 g/mol. The summed E-state index contributed by atoms with van der Waals surface area (Å²) in [6, 6.07) is 11.8. The average molecular weight is 451 g/mol. The van der Waals surface area contributed by atoms with Gasteiger partial charge in [-0.15, -0.1) is 16.4 Å². The van der Waals surface area contributed by atoms with Crippen molar-refractivity contribution in [3.05, 3.63) is 52.9 Å². The summed E-state index contributed by atoms with van der Waals surface area (Å²) >= 11 is 7.29. The minimum absolute atomic E-state index is 0.0528. The fourth-order valence-corrected chi connectivity index (χ4v) is 4.94. The molecule has 150 valence electrons. The Balaban J connectivity index is 1.71. The van der Waals surface area contributed by atoms with Gasteiger partial charge in [0.2, 0.25) is 4.96 Å². The van der Waals surface area contributed by atoms with Crippen molar-refractivity contribution in [1.29, 1.82) is 0 Å². The van der Waals surface area contributed by atoms with E-state index in [1.165, 1.54) is 30.6 Å². The van der Waals surface area contributed by atoms with Crippen LogP contribution in [0.25, 0.3) is 16.2 Å². The predicted molar refractivity (Wildman–Crippen MR) is 112 cm³/mol. The molecule has 0 saturated carbocycles. The minimum Gasteiger partial charge on any atom is -0.497 e. The quantitative estimate of drug-likeness (QED) is 0.478. The van der Waals surface area contributed by atoms with Gasteiger partial charge in [-0.3, -0.25) is 0 Å². The van der Waals surface area contributed by atoms with Crippen molar-refractivity contribution in [1.82, 2.24) is 14.6 Å². The molecule has 0 aliphatic carbocycles. The maximum Gasteiger partial charge on any atom is 0.268 e. The van der Waals surface area contributed by atoms with E-state index in [0.29, 0.717) is 10.7 Å². The molecule has 2 aromatic carbocycles. The molecule has 0 aliphatic rings. The zero-order chi connectivity index (χ0) is 20.6. The lowest BCUT2D eigenvalue weighted by Gasteiger charge is -2.09. The molecule has 11 heteroatoms. The van der Waals surface area contributed by atoms with Gasteiger partial charge in [0, 0.05) is 16.0 Å². The summed E-state index contributed by atoms with van der Waals surface area (Å²) in [6.07, 6.45) is 0. The normalized spacial score (nSPS) is 11.6. The van der Waals surface area contributed by atoms with Crippen molar-refractivity contribution in [3.8, 4) is 22.8 Å². The molecule has 2 aromatic heterocycles. The van der Waals surface area contributed by atoms with Crippen molar-refractivity contribution in [2.45, 2.75) is 4.90 Å². The van der Waals surface area contributed by atoms with Gasteiger partial charge in [-0.25, -0.2) is 17.7 Å². The van der Waals surface area contributed by atoms with Crippen LogP contribution < -0.4 is 14.2 Å². The van der Waals surface area contributed by atoms with Crippen molar-refractivity contribution in [2.24, 2.45) is 0 Å². The summed E-state index contributed by atoms with van der Waals surface area (Å²) in [6.45, 7) is 0. The Morgan fingerprint density at radius 3 is 2.72 bits per heavy atom. The van der Waals surface area contributed by atoms with Gasteiger partial charge in [0.25, 0.3) is 16.0 Å². The van der Waals surface area contributed by atoms with Crippen LogP contribution >= 0.6 is 22.9 Å². The lowest BCUT2D eigenvalue weighted by atomic mass is 10.2. The standard InChI is InChI=1S/C18H15ClN4O4S2/c1-26-13-5-3-4-11(8-13)14-10-28-18-20-17(21-23(14)18)22-29(24,25)16-9-12(19)6-7-15(16)27-2/h3-10H,1-2H3,(H,21,22). The fourth-order valence-electron chi connectivity index (χ4n) is 2.74. The molecule has 0 amide bonds. The second kappa shape index (κ2) is 7.54. The minimum atomic E-state index is -4.01. The lowest BCUT2D eigenvalue weighted by Crippen LogP contribution is -2.15. The van der Waals surface area contributed by atoms with Crippen LogP contribution in [0.3, 0.4) is 0 Å². The summed E-state index contributed by atoms with van der Waals surface area (Å²) in [7, 11) is -1.03. The first kappa shape index (κ1) is 19.5. The summed E-state index contributed by atoms with van der Waals surface area (Å²) in [5.74, 6) is 0.818. The van der Waals surface area contributed by atoms with Crippen LogP contribution in [0.2, 0.25) is 5.02 Å². The molecule has 8 nitrogen and oxygen atoms in total. The van der Waals surface area contributed by atoms with Crippen LogP contribution in [0.4, 0.5) is 5.95 Å². The zero-order valence-corrected chi connectivity index (χ0v) is 17.7. The average Bonchev–Trinajstić information content (AvgIpc) is 3.27. The number of fused-ring (bicyclic) bond motifs is 1. The SMILES string of the molecule is COc1cccc(-c2csc3nc(NS(=O)(=O)c4cc(Cl)ccc4OC)nn23)c1. The number of rotatable bonds is 6. The van der Waals surface area contributed by atoms with E-state index in [2.05, 4.69) is 14.8 Å². The molecule has 2 heterocycles. The molecule has 1 N–H and O–H groups in total. The highest BCUT2D eigenvalue weighted by Gasteiger charge is 2.23. The Bertz CT molecular complexity index is 1300. The van der Waals surface area contributed by atoms with Gasteiger partial charge < -0.3 is 9.47 Å². The molecule has 4 aromatic rings. The second-order valence-electron chi connectivity index (χ2n) is 5.88. The fraction of sp³-hybridized carbons (Fsp3) is 0.111. The van der Waals surface area contributed by atoms with Crippen LogP contribution in [0, 0.1) is 0 Å². The number of anilines is 1. The monoisotopic (exact) mass is 450 g/mol. The van der Waals surface area contributed by atoms with Gasteiger partial charge in [0.05, 0.1) is 19.9 Å². The molecule has 0 fully saturated rings. The summed E-state index contributed by atoms with van der Waals surface area (Å²) in [5.41, 5.74) is 1.63. The molecule has 0 unspecified atom stereocenters.